The summed E-state index contributed by atoms with van der Waals surface area (Å²) < 4.78 is 7.82. The number of methoxy groups -OCH3 is 1. The Balaban J connectivity index is 1.71. The Labute approximate surface area is 223 Å². The summed E-state index contributed by atoms with van der Waals surface area (Å²) in [4.78, 5) is 25.9. The first-order valence-electron chi connectivity index (χ1n) is 12.5. The minimum Gasteiger partial charge on any atom is -0.494 e. The number of likely N-dealkylation sites (N-methyl/N-ethyl adjacent to an activating group) is 2. The molecule has 1 amide bonds. The lowest BCUT2D eigenvalue weighted by Crippen LogP contribution is -2.29. The van der Waals surface area contributed by atoms with Crippen LogP contribution in [-0.2, 0) is 11.8 Å². The van der Waals surface area contributed by atoms with Crippen LogP contribution in [0.1, 0.15) is 6.92 Å². The molecule has 0 unspecified atom stereocenters. The largest absolute Gasteiger partial charge is 0.494 e. The van der Waals surface area contributed by atoms with E-state index in [0.29, 0.717) is 23.1 Å². The van der Waals surface area contributed by atoms with Crippen molar-refractivity contribution in [1.29, 1.82) is 0 Å². The van der Waals surface area contributed by atoms with Crippen LogP contribution >= 0.6 is 0 Å². The molecular formula is C29H35N7O2. The maximum Gasteiger partial charge on any atom is 0.248 e. The van der Waals surface area contributed by atoms with E-state index < -0.39 is 0 Å². The van der Waals surface area contributed by atoms with Crippen LogP contribution in [0.5, 0.6) is 5.75 Å². The first kappa shape index (κ1) is 26.7. The first-order chi connectivity index (χ1) is 18.3. The summed E-state index contributed by atoms with van der Waals surface area (Å²) in [6.07, 6.45) is 7.01. The van der Waals surface area contributed by atoms with E-state index in [9.17, 15) is 4.79 Å². The standard InChI is InChI=1S/C29H35N7O2/c1-7-10-28(37)31-23-17-24(27(38-6)18-26(23)35(4)16-15-34(2)3)33-29-30-14-13-22(32-29)21-19-36(5)25-12-9-8-11-20(21)25/h7-14,17-19H,15-16H2,1-6H3,(H,31,37)(H,30,32,33)/b10-7+. The molecule has 9 heteroatoms. The number of nitrogens with one attached hydrogen (secondary N) is 2. The molecule has 0 atom stereocenters. The number of para-hydroxylation sites is 1. The third-order valence-corrected chi connectivity index (χ3v) is 6.26. The molecule has 0 saturated heterocycles. The number of allylic oxidation sites excluding steroid dienone is 1. The van der Waals surface area contributed by atoms with Gasteiger partial charge in [0, 0.05) is 62.1 Å². The molecule has 2 heterocycles. The highest BCUT2D eigenvalue weighted by Crippen LogP contribution is 2.38. The molecule has 4 rings (SSSR count). The van der Waals surface area contributed by atoms with Gasteiger partial charge in [0.05, 0.1) is 29.9 Å². The third kappa shape index (κ3) is 5.95. The number of benzene rings is 2. The number of fused-ring (bicyclic) bond motifs is 1. The van der Waals surface area contributed by atoms with E-state index in [0.717, 1.165) is 40.9 Å². The van der Waals surface area contributed by atoms with Gasteiger partial charge in [-0.2, -0.15) is 0 Å². The molecule has 2 aromatic heterocycles. The van der Waals surface area contributed by atoms with Gasteiger partial charge in [-0.25, -0.2) is 9.97 Å². The predicted octanol–water partition coefficient (Wildman–Crippen LogP) is 4.90. The van der Waals surface area contributed by atoms with Gasteiger partial charge in [0.1, 0.15) is 5.75 Å². The van der Waals surface area contributed by atoms with E-state index in [-0.39, 0.29) is 5.91 Å². The Hall–Kier alpha value is -4.37. The number of carbonyl (C=O) groups excluding carboxylic acids is 1. The highest BCUT2D eigenvalue weighted by atomic mass is 16.5. The Morgan fingerprint density at radius 1 is 1.11 bits per heavy atom. The number of aromatic nitrogens is 3. The fourth-order valence-corrected chi connectivity index (χ4v) is 4.28. The number of nitrogens with zero attached hydrogens (tertiary/aromatic N) is 5. The summed E-state index contributed by atoms with van der Waals surface area (Å²) in [5, 5.41) is 7.42. The van der Waals surface area contributed by atoms with E-state index in [2.05, 4.69) is 48.3 Å². The summed E-state index contributed by atoms with van der Waals surface area (Å²) in [7, 11) is 9.70. The number of anilines is 4. The van der Waals surface area contributed by atoms with Crippen molar-refractivity contribution in [3.8, 4) is 17.0 Å². The Morgan fingerprint density at radius 3 is 2.63 bits per heavy atom. The van der Waals surface area contributed by atoms with Gasteiger partial charge < -0.3 is 29.7 Å². The number of amides is 1. The molecular weight excluding hydrogens is 478 g/mol. The van der Waals surface area contributed by atoms with E-state index >= 15 is 0 Å². The Kier molecular flexibility index (Phi) is 8.28. The van der Waals surface area contributed by atoms with Gasteiger partial charge in [-0.05, 0) is 45.3 Å². The summed E-state index contributed by atoms with van der Waals surface area (Å²) in [5.41, 5.74) is 5.11. The molecule has 4 aromatic rings. The van der Waals surface area contributed by atoms with E-state index in [1.165, 1.54) is 6.08 Å². The van der Waals surface area contributed by atoms with Gasteiger partial charge in [0.2, 0.25) is 11.9 Å². The highest BCUT2D eigenvalue weighted by molar-refractivity contribution is 6.02. The average molecular weight is 514 g/mol. The second-order valence-corrected chi connectivity index (χ2v) is 9.35. The topological polar surface area (TPSA) is 87.5 Å². The Morgan fingerprint density at radius 2 is 1.89 bits per heavy atom. The average Bonchev–Trinajstić information content (AvgIpc) is 3.24. The molecule has 0 spiro atoms. The maximum atomic E-state index is 12.5. The number of rotatable bonds is 10. The minimum atomic E-state index is -0.208. The smallest absolute Gasteiger partial charge is 0.248 e. The molecule has 0 aliphatic rings. The molecule has 2 N–H and O–H groups in total. The lowest BCUT2D eigenvalue weighted by Gasteiger charge is -2.26. The maximum absolute atomic E-state index is 12.5. The van der Waals surface area contributed by atoms with Crippen LogP contribution < -0.4 is 20.3 Å². The monoisotopic (exact) mass is 513 g/mol. The van der Waals surface area contributed by atoms with Crippen LogP contribution in [0.25, 0.3) is 22.2 Å². The van der Waals surface area contributed by atoms with E-state index in [1.54, 1.807) is 19.4 Å². The van der Waals surface area contributed by atoms with Crippen molar-refractivity contribution in [2.45, 2.75) is 6.92 Å². The number of hydrogen-bond acceptors (Lipinski definition) is 7. The van der Waals surface area contributed by atoms with Crippen molar-refractivity contribution in [3.05, 3.63) is 67.0 Å². The van der Waals surface area contributed by atoms with E-state index in [4.69, 9.17) is 9.72 Å². The first-order valence-corrected chi connectivity index (χ1v) is 12.5. The lowest BCUT2D eigenvalue weighted by atomic mass is 10.1. The summed E-state index contributed by atoms with van der Waals surface area (Å²) in [6.45, 7) is 3.44. The molecule has 38 heavy (non-hydrogen) atoms. The molecule has 0 radical (unpaired) electrons. The van der Waals surface area contributed by atoms with Crippen molar-refractivity contribution < 1.29 is 9.53 Å². The molecule has 0 bridgehead atoms. The van der Waals surface area contributed by atoms with Crippen LogP contribution in [0.15, 0.2) is 67.0 Å². The van der Waals surface area contributed by atoms with Gasteiger partial charge in [-0.3, -0.25) is 4.79 Å². The van der Waals surface area contributed by atoms with Crippen LogP contribution in [-0.4, -0.2) is 66.7 Å². The fourth-order valence-electron chi connectivity index (χ4n) is 4.28. The summed E-state index contributed by atoms with van der Waals surface area (Å²) in [5.74, 6) is 0.827. The fraction of sp³-hybridized carbons (Fsp3) is 0.276. The number of aryl methyl sites for hydroxylation is 1. The quantitative estimate of drug-likeness (QED) is 0.292. The molecule has 198 valence electrons. The summed E-state index contributed by atoms with van der Waals surface area (Å²) >= 11 is 0. The van der Waals surface area contributed by atoms with Crippen molar-refractivity contribution >= 4 is 39.8 Å². The van der Waals surface area contributed by atoms with Gasteiger partial charge >= 0.3 is 0 Å². The van der Waals surface area contributed by atoms with Crippen molar-refractivity contribution in [3.63, 3.8) is 0 Å². The van der Waals surface area contributed by atoms with Crippen LogP contribution in [0, 0.1) is 0 Å². The molecule has 0 saturated carbocycles. The van der Waals surface area contributed by atoms with Crippen molar-refractivity contribution in [1.82, 2.24) is 19.4 Å². The molecule has 2 aromatic carbocycles. The van der Waals surface area contributed by atoms with Crippen LogP contribution in [0.3, 0.4) is 0 Å². The van der Waals surface area contributed by atoms with Gasteiger partial charge in [0.15, 0.2) is 0 Å². The number of carbonyl (C=O) groups is 1. The van der Waals surface area contributed by atoms with Gasteiger partial charge in [-0.1, -0.05) is 24.3 Å². The lowest BCUT2D eigenvalue weighted by molar-refractivity contribution is -0.111. The molecule has 0 fully saturated rings. The zero-order valence-corrected chi connectivity index (χ0v) is 22.8. The zero-order valence-electron chi connectivity index (χ0n) is 22.8. The number of ether oxygens (including phenoxy) is 1. The van der Waals surface area contributed by atoms with Crippen molar-refractivity contribution in [2.24, 2.45) is 7.05 Å². The van der Waals surface area contributed by atoms with Crippen LogP contribution in [0.4, 0.5) is 23.0 Å². The zero-order chi connectivity index (χ0) is 27.2. The molecule has 0 aliphatic carbocycles. The Bertz CT molecular complexity index is 1460. The normalized spacial score (nSPS) is 11.3. The predicted molar refractivity (Wildman–Crippen MR) is 155 cm³/mol. The SMILES string of the molecule is C/C=C/C(=O)Nc1cc(Nc2nccc(-c3cn(C)c4ccccc34)n2)c(OC)cc1N(C)CCN(C)C. The van der Waals surface area contributed by atoms with Crippen molar-refractivity contribution in [2.75, 3.05) is 56.9 Å². The third-order valence-electron chi connectivity index (χ3n) is 6.26. The van der Waals surface area contributed by atoms with Crippen LogP contribution in [0.2, 0.25) is 0 Å². The molecule has 0 aliphatic heterocycles. The highest BCUT2D eigenvalue weighted by Gasteiger charge is 2.17. The molecule has 9 nitrogen and oxygen atoms in total. The summed E-state index contributed by atoms with van der Waals surface area (Å²) in [6, 6.07) is 13.9. The van der Waals surface area contributed by atoms with Gasteiger partial charge in [-0.15, -0.1) is 0 Å². The van der Waals surface area contributed by atoms with Gasteiger partial charge in [0.25, 0.3) is 0 Å². The second-order valence-electron chi connectivity index (χ2n) is 9.35. The second kappa shape index (κ2) is 11.8. The number of hydrogen-bond donors (Lipinski definition) is 2. The van der Waals surface area contributed by atoms with E-state index in [1.807, 2.05) is 65.4 Å². The minimum absolute atomic E-state index is 0.208.